The van der Waals surface area contributed by atoms with Crippen LogP contribution in [0.1, 0.15) is 18.0 Å². The quantitative estimate of drug-likeness (QED) is 0.813. The molecule has 1 rings (SSSR count). The molecule has 1 unspecified atom stereocenters. The average Bonchev–Trinajstić information content (AvgIpc) is 2.19. The molecule has 0 spiro atoms. The van der Waals surface area contributed by atoms with Crippen LogP contribution in [0.15, 0.2) is 18.5 Å². The lowest BCUT2D eigenvalue weighted by molar-refractivity contribution is 0.564. The molecule has 1 aromatic rings. The van der Waals surface area contributed by atoms with Crippen molar-refractivity contribution in [3.8, 4) is 0 Å². The van der Waals surface area contributed by atoms with Crippen molar-refractivity contribution >= 4 is 11.8 Å². The van der Waals surface area contributed by atoms with E-state index in [0.29, 0.717) is 0 Å². The van der Waals surface area contributed by atoms with Gasteiger partial charge in [0.05, 0.1) is 6.20 Å². The van der Waals surface area contributed by atoms with Gasteiger partial charge in [-0.3, -0.25) is 4.98 Å². The molecule has 0 radical (unpaired) electrons. The molecule has 0 saturated heterocycles. The van der Waals surface area contributed by atoms with E-state index in [1.807, 2.05) is 7.05 Å². The fourth-order valence-electron chi connectivity index (χ4n) is 1.33. The molecule has 0 fully saturated rings. The normalized spacial score (nSPS) is 12.8. The topological polar surface area (TPSA) is 24.9 Å². The third-order valence-corrected chi connectivity index (χ3v) is 2.73. The van der Waals surface area contributed by atoms with E-state index in [1.54, 1.807) is 18.0 Å². The molecule has 1 aromatic heterocycles. The van der Waals surface area contributed by atoms with Gasteiger partial charge in [0.2, 0.25) is 0 Å². The summed E-state index contributed by atoms with van der Waals surface area (Å²) in [5.41, 5.74) is 0.918. The Balaban J connectivity index is 2.68. The highest BCUT2D eigenvalue weighted by molar-refractivity contribution is 7.98. The van der Waals surface area contributed by atoms with Crippen LogP contribution in [0.25, 0.3) is 0 Å². The lowest BCUT2D eigenvalue weighted by Crippen LogP contribution is -2.17. The second-order valence-electron chi connectivity index (χ2n) is 3.06. The van der Waals surface area contributed by atoms with Gasteiger partial charge < -0.3 is 5.32 Å². The van der Waals surface area contributed by atoms with Crippen LogP contribution in [0.2, 0.25) is 0 Å². The van der Waals surface area contributed by atoms with Crippen LogP contribution in [-0.4, -0.2) is 24.0 Å². The van der Waals surface area contributed by atoms with Crippen LogP contribution in [0.4, 0.5) is 4.39 Å². The molecule has 0 aliphatic heterocycles. The number of aromatic nitrogens is 1. The Labute approximate surface area is 88.3 Å². The Hall–Kier alpha value is -0.610. The second kappa shape index (κ2) is 5.98. The molecule has 0 aliphatic rings. The number of thioether (sulfide) groups is 1. The van der Waals surface area contributed by atoms with Crippen molar-refractivity contribution in [2.45, 2.75) is 12.5 Å². The van der Waals surface area contributed by atoms with Crippen molar-refractivity contribution in [3.63, 3.8) is 0 Å². The summed E-state index contributed by atoms with van der Waals surface area (Å²) < 4.78 is 12.9. The van der Waals surface area contributed by atoms with Crippen LogP contribution in [0, 0.1) is 5.82 Å². The lowest BCUT2D eigenvalue weighted by Gasteiger charge is -2.15. The molecular formula is C10H15FN2S. The largest absolute Gasteiger partial charge is 0.313 e. The van der Waals surface area contributed by atoms with Crippen LogP contribution in [-0.2, 0) is 0 Å². The van der Waals surface area contributed by atoms with Gasteiger partial charge in [-0.1, -0.05) is 0 Å². The molecule has 0 amide bonds. The molecule has 1 atom stereocenters. The molecule has 78 valence electrons. The van der Waals surface area contributed by atoms with E-state index >= 15 is 0 Å². The number of rotatable bonds is 5. The van der Waals surface area contributed by atoms with Gasteiger partial charge in [-0.25, -0.2) is 4.39 Å². The van der Waals surface area contributed by atoms with Gasteiger partial charge in [0.15, 0.2) is 0 Å². The van der Waals surface area contributed by atoms with E-state index in [-0.39, 0.29) is 11.9 Å². The SMILES string of the molecule is CNC(CCSC)c1cncc(F)c1. The average molecular weight is 214 g/mol. The minimum atomic E-state index is -0.271. The van der Waals surface area contributed by atoms with E-state index < -0.39 is 0 Å². The first kappa shape index (κ1) is 11.5. The zero-order valence-corrected chi connectivity index (χ0v) is 9.27. The molecule has 14 heavy (non-hydrogen) atoms. The number of nitrogens with one attached hydrogen (secondary N) is 1. The first-order valence-corrected chi connectivity index (χ1v) is 5.94. The fourth-order valence-corrected chi connectivity index (χ4v) is 1.80. The monoisotopic (exact) mass is 214 g/mol. The zero-order valence-electron chi connectivity index (χ0n) is 8.46. The highest BCUT2D eigenvalue weighted by atomic mass is 32.2. The summed E-state index contributed by atoms with van der Waals surface area (Å²) in [6.45, 7) is 0. The van der Waals surface area contributed by atoms with Crippen molar-refractivity contribution in [2.75, 3.05) is 19.1 Å². The van der Waals surface area contributed by atoms with E-state index in [9.17, 15) is 4.39 Å². The fraction of sp³-hybridized carbons (Fsp3) is 0.500. The second-order valence-corrected chi connectivity index (χ2v) is 4.04. The summed E-state index contributed by atoms with van der Waals surface area (Å²) in [4.78, 5) is 3.84. The number of halogens is 1. The van der Waals surface area contributed by atoms with Gasteiger partial charge in [0, 0.05) is 12.2 Å². The molecule has 0 bridgehead atoms. The van der Waals surface area contributed by atoms with Gasteiger partial charge in [-0.05, 0) is 37.1 Å². The number of pyridine rings is 1. The highest BCUT2D eigenvalue weighted by Crippen LogP contribution is 2.17. The molecule has 2 nitrogen and oxygen atoms in total. The molecular weight excluding hydrogens is 199 g/mol. The Morgan fingerprint density at radius 3 is 2.93 bits per heavy atom. The maximum Gasteiger partial charge on any atom is 0.141 e. The molecule has 1 heterocycles. The van der Waals surface area contributed by atoms with Crippen molar-refractivity contribution in [1.29, 1.82) is 0 Å². The minimum Gasteiger partial charge on any atom is -0.313 e. The summed E-state index contributed by atoms with van der Waals surface area (Å²) in [6, 6.07) is 1.74. The third-order valence-electron chi connectivity index (χ3n) is 2.09. The number of hydrogen-bond acceptors (Lipinski definition) is 3. The van der Waals surface area contributed by atoms with Crippen LogP contribution >= 0.6 is 11.8 Å². The first-order chi connectivity index (χ1) is 6.77. The van der Waals surface area contributed by atoms with Gasteiger partial charge in [0.1, 0.15) is 5.82 Å². The van der Waals surface area contributed by atoms with Crippen molar-refractivity contribution in [1.82, 2.24) is 10.3 Å². The van der Waals surface area contributed by atoms with Crippen molar-refractivity contribution in [3.05, 3.63) is 29.8 Å². The summed E-state index contributed by atoms with van der Waals surface area (Å²) in [6.07, 6.45) is 5.99. The van der Waals surface area contributed by atoms with Crippen LogP contribution in [0.3, 0.4) is 0 Å². The minimum absolute atomic E-state index is 0.200. The summed E-state index contributed by atoms with van der Waals surface area (Å²) >= 11 is 1.79. The molecule has 4 heteroatoms. The van der Waals surface area contributed by atoms with Crippen LogP contribution in [0.5, 0.6) is 0 Å². The third kappa shape index (κ3) is 3.27. The zero-order chi connectivity index (χ0) is 10.4. The van der Waals surface area contributed by atoms with Gasteiger partial charge in [-0.2, -0.15) is 11.8 Å². The number of hydrogen-bond donors (Lipinski definition) is 1. The smallest absolute Gasteiger partial charge is 0.141 e. The predicted octanol–water partition coefficient (Wildman–Crippen LogP) is 2.23. The molecule has 0 aromatic carbocycles. The van der Waals surface area contributed by atoms with Crippen molar-refractivity contribution in [2.24, 2.45) is 0 Å². The summed E-state index contributed by atoms with van der Waals surface area (Å²) in [5, 5.41) is 3.16. The summed E-state index contributed by atoms with van der Waals surface area (Å²) in [7, 11) is 1.88. The predicted molar refractivity (Wildman–Crippen MR) is 59.0 cm³/mol. The van der Waals surface area contributed by atoms with E-state index in [0.717, 1.165) is 17.7 Å². The Morgan fingerprint density at radius 1 is 1.57 bits per heavy atom. The summed E-state index contributed by atoms with van der Waals surface area (Å²) in [5.74, 6) is 0.786. The Morgan fingerprint density at radius 2 is 2.36 bits per heavy atom. The first-order valence-electron chi connectivity index (χ1n) is 4.54. The van der Waals surface area contributed by atoms with Gasteiger partial charge in [-0.15, -0.1) is 0 Å². The standard InChI is InChI=1S/C10H15FN2S/c1-12-10(3-4-14-2)8-5-9(11)7-13-6-8/h5-7,10,12H,3-4H2,1-2H3. The van der Waals surface area contributed by atoms with Crippen molar-refractivity contribution < 1.29 is 4.39 Å². The van der Waals surface area contributed by atoms with E-state index in [2.05, 4.69) is 16.6 Å². The maximum atomic E-state index is 12.9. The van der Waals surface area contributed by atoms with E-state index in [4.69, 9.17) is 0 Å². The molecule has 0 saturated carbocycles. The number of nitrogens with zero attached hydrogens (tertiary/aromatic N) is 1. The molecule has 1 N–H and O–H groups in total. The van der Waals surface area contributed by atoms with E-state index in [1.165, 1.54) is 12.3 Å². The van der Waals surface area contributed by atoms with Gasteiger partial charge >= 0.3 is 0 Å². The Kier molecular flexibility index (Phi) is 4.90. The van der Waals surface area contributed by atoms with Crippen LogP contribution < -0.4 is 5.32 Å². The Bertz CT molecular complexity index is 281. The molecule has 0 aliphatic carbocycles. The lowest BCUT2D eigenvalue weighted by atomic mass is 10.1. The maximum absolute atomic E-state index is 12.9. The van der Waals surface area contributed by atoms with Gasteiger partial charge in [0.25, 0.3) is 0 Å². The highest BCUT2D eigenvalue weighted by Gasteiger charge is 2.09.